The molecule has 0 unspecified atom stereocenters. The van der Waals surface area contributed by atoms with Gasteiger partial charge < -0.3 is 4.42 Å². The van der Waals surface area contributed by atoms with Gasteiger partial charge >= 0.3 is 0 Å². The van der Waals surface area contributed by atoms with Crippen molar-refractivity contribution in [3.8, 4) is 11.3 Å². The number of halogens is 1. The van der Waals surface area contributed by atoms with Gasteiger partial charge in [0.15, 0.2) is 4.90 Å². The standard InChI is InChI=1S/C18H15ClN2O5S/c1-20(27(24,25)18-5-3-2-4-16(18)21(22)23)12-15-10-11-17(26-15)13-6-8-14(19)9-7-13/h2-11H,12H2,1H3. The van der Waals surface area contributed by atoms with Crippen LogP contribution < -0.4 is 0 Å². The lowest BCUT2D eigenvalue weighted by Gasteiger charge is -2.15. The van der Waals surface area contributed by atoms with E-state index in [0.29, 0.717) is 16.5 Å². The molecular formula is C18H15ClN2O5S. The van der Waals surface area contributed by atoms with Crippen LogP contribution in [0, 0.1) is 10.1 Å². The Bertz CT molecular complexity index is 1080. The molecule has 0 amide bonds. The molecule has 1 aromatic heterocycles. The predicted molar refractivity (Wildman–Crippen MR) is 101 cm³/mol. The van der Waals surface area contributed by atoms with Gasteiger partial charge in [-0.25, -0.2) is 8.42 Å². The molecule has 3 rings (SSSR count). The van der Waals surface area contributed by atoms with Gasteiger partial charge in [-0.05, 0) is 42.5 Å². The average molecular weight is 407 g/mol. The lowest BCUT2D eigenvalue weighted by atomic mass is 10.2. The van der Waals surface area contributed by atoms with E-state index < -0.39 is 20.6 Å². The minimum absolute atomic E-state index is 0.0675. The minimum Gasteiger partial charge on any atom is -0.460 e. The molecule has 2 aromatic carbocycles. The Morgan fingerprint density at radius 3 is 2.41 bits per heavy atom. The van der Waals surface area contributed by atoms with Crippen LogP contribution in [0.2, 0.25) is 5.02 Å². The van der Waals surface area contributed by atoms with Crippen molar-refractivity contribution in [3.63, 3.8) is 0 Å². The number of sulfonamides is 1. The zero-order valence-electron chi connectivity index (χ0n) is 14.2. The first-order chi connectivity index (χ1) is 12.8. The maximum Gasteiger partial charge on any atom is 0.289 e. The van der Waals surface area contributed by atoms with Gasteiger partial charge in [0.1, 0.15) is 11.5 Å². The van der Waals surface area contributed by atoms with Crippen molar-refractivity contribution in [1.82, 2.24) is 4.31 Å². The summed E-state index contributed by atoms with van der Waals surface area (Å²) < 4.78 is 32.2. The van der Waals surface area contributed by atoms with Crippen LogP contribution >= 0.6 is 11.6 Å². The van der Waals surface area contributed by atoms with E-state index in [1.807, 2.05) is 0 Å². The number of para-hydroxylation sites is 1. The normalized spacial score (nSPS) is 11.7. The first kappa shape index (κ1) is 19.1. The number of benzene rings is 2. The molecule has 27 heavy (non-hydrogen) atoms. The quantitative estimate of drug-likeness (QED) is 0.448. The highest BCUT2D eigenvalue weighted by Crippen LogP contribution is 2.28. The van der Waals surface area contributed by atoms with E-state index >= 15 is 0 Å². The Labute approximate surface area is 161 Å². The van der Waals surface area contributed by atoms with Crippen molar-refractivity contribution in [1.29, 1.82) is 0 Å². The van der Waals surface area contributed by atoms with Gasteiger partial charge in [-0.3, -0.25) is 10.1 Å². The molecule has 0 fully saturated rings. The Morgan fingerprint density at radius 1 is 1.07 bits per heavy atom. The average Bonchev–Trinajstić information content (AvgIpc) is 3.10. The first-order valence-electron chi connectivity index (χ1n) is 7.83. The molecule has 0 spiro atoms. The second kappa shape index (κ2) is 7.51. The second-order valence-corrected chi connectivity index (χ2v) is 8.21. The number of rotatable bonds is 6. The Kier molecular flexibility index (Phi) is 5.31. The number of nitro benzene ring substituents is 1. The molecule has 0 aliphatic rings. The molecule has 0 aliphatic heterocycles. The molecule has 0 bridgehead atoms. The highest BCUT2D eigenvalue weighted by Gasteiger charge is 2.29. The van der Waals surface area contributed by atoms with E-state index in [4.69, 9.17) is 16.0 Å². The van der Waals surface area contributed by atoms with Gasteiger partial charge in [-0.2, -0.15) is 4.31 Å². The monoisotopic (exact) mass is 406 g/mol. The third kappa shape index (κ3) is 4.02. The summed E-state index contributed by atoms with van der Waals surface area (Å²) in [6.07, 6.45) is 0. The second-order valence-electron chi connectivity index (χ2n) is 5.76. The molecule has 0 N–H and O–H groups in total. The Hall–Kier alpha value is -2.68. The highest BCUT2D eigenvalue weighted by molar-refractivity contribution is 7.89. The van der Waals surface area contributed by atoms with Crippen LogP contribution in [0.5, 0.6) is 0 Å². The zero-order chi connectivity index (χ0) is 19.6. The van der Waals surface area contributed by atoms with E-state index in [2.05, 4.69) is 0 Å². The van der Waals surface area contributed by atoms with Crippen molar-refractivity contribution in [3.05, 3.63) is 81.6 Å². The van der Waals surface area contributed by atoms with Crippen LogP contribution in [0.3, 0.4) is 0 Å². The largest absolute Gasteiger partial charge is 0.460 e. The Morgan fingerprint density at radius 2 is 1.74 bits per heavy atom. The van der Waals surface area contributed by atoms with Gasteiger partial charge in [0.2, 0.25) is 10.0 Å². The molecule has 1 heterocycles. The van der Waals surface area contributed by atoms with E-state index in [1.165, 1.54) is 25.2 Å². The van der Waals surface area contributed by atoms with Gasteiger partial charge in [-0.1, -0.05) is 23.7 Å². The van der Waals surface area contributed by atoms with E-state index in [9.17, 15) is 18.5 Å². The number of furan rings is 1. The van der Waals surface area contributed by atoms with Crippen LogP contribution in [-0.2, 0) is 16.6 Å². The zero-order valence-corrected chi connectivity index (χ0v) is 15.8. The number of nitrogens with zero attached hydrogens (tertiary/aromatic N) is 2. The molecule has 140 valence electrons. The van der Waals surface area contributed by atoms with E-state index in [-0.39, 0.29) is 11.4 Å². The minimum atomic E-state index is -4.06. The maximum atomic E-state index is 12.7. The van der Waals surface area contributed by atoms with Gasteiger partial charge in [-0.15, -0.1) is 0 Å². The van der Waals surface area contributed by atoms with E-state index in [1.54, 1.807) is 36.4 Å². The molecule has 7 nitrogen and oxygen atoms in total. The summed E-state index contributed by atoms with van der Waals surface area (Å²) in [5.74, 6) is 0.975. The topological polar surface area (TPSA) is 93.7 Å². The van der Waals surface area contributed by atoms with Gasteiger partial charge in [0, 0.05) is 23.7 Å². The lowest BCUT2D eigenvalue weighted by molar-refractivity contribution is -0.387. The SMILES string of the molecule is CN(Cc1ccc(-c2ccc(Cl)cc2)o1)S(=O)(=O)c1ccccc1[N+](=O)[O-]. The summed E-state index contributed by atoms with van der Waals surface area (Å²) in [6, 6.07) is 15.7. The van der Waals surface area contributed by atoms with Gasteiger partial charge in [0.25, 0.3) is 5.69 Å². The molecule has 9 heteroatoms. The predicted octanol–water partition coefficient (Wildman–Crippen LogP) is 4.33. The summed E-state index contributed by atoms with van der Waals surface area (Å²) in [5.41, 5.74) is 0.334. The Balaban J connectivity index is 1.84. The molecule has 0 radical (unpaired) electrons. The van der Waals surface area contributed by atoms with Crippen LogP contribution in [-0.4, -0.2) is 24.7 Å². The van der Waals surface area contributed by atoms with Crippen LogP contribution in [0.25, 0.3) is 11.3 Å². The summed E-state index contributed by atoms with van der Waals surface area (Å²) in [4.78, 5) is 10.1. The first-order valence-corrected chi connectivity index (χ1v) is 9.65. The molecule has 0 saturated heterocycles. The number of hydrogen-bond acceptors (Lipinski definition) is 5. The van der Waals surface area contributed by atoms with Gasteiger partial charge in [0.05, 0.1) is 11.5 Å². The maximum absolute atomic E-state index is 12.7. The van der Waals surface area contributed by atoms with Crippen LogP contribution in [0.15, 0.2) is 70.0 Å². The molecule has 0 atom stereocenters. The third-order valence-corrected chi connectivity index (χ3v) is 6.02. The summed E-state index contributed by atoms with van der Waals surface area (Å²) in [6.45, 7) is -0.0675. The molecule has 3 aromatic rings. The summed E-state index contributed by atoms with van der Waals surface area (Å²) in [7, 11) is -2.72. The fourth-order valence-corrected chi connectivity index (χ4v) is 3.95. The van der Waals surface area contributed by atoms with Crippen molar-refractivity contribution >= 4 is 27.3 Å². The fraction of sp³-hybridized carbons (Fsp3) is 0.111. The molecule has 0 aliphatic carbocycles. The summed E-state index contributed by atoms with van der Waals surface area (Å²) >= 11 is 5.86. The van der Waals surface area contributed by atoms with Crippen LogP contribution in [0.1, 0.15) is 5.76 Å². The fourth-order valence-electron chi connectivity index (χ4n) is 2.53. The number of hydrogen-bond donors (Lipinski definition) is 0. The third-order valence-electron chi connectivity index (χ3n) is 3.92. The van der Waals surface area contributed by atoms with Crippen molar-refractivity contribution in [2.75, 3.05) is 7.05 Å². The van der Waals surface area contributed by atoms with E-state index in [0.717, 1.165) is 15.9 Å². The smallest absolute Gasteiger partial charge is 0.289 e. The van der Waals surface area contributed by atoms with Crippen LogP contribution in [0.4, 0.5) is 5.69 Å². The van der Waals surface area contributed by atoms with Crippen molar-refractivity contribution < 1.29 is 17.8 Å². The molecular weight excluding hydrogens is 392 g/mol. The molecule has 0 saturated carbocycles. The number of nitro groups is 1. The summed E-state index contributed by atoms with van der Waals surface area (Å²) in [5, 5.41) is 11.7. The highest BCUT2D eigenvalue weighted by atomic mass is 35.5. The van der Waals surface area contributed by atoms with Crippen molar-refractivity contribution in [2.45, 2.75) is 11.4 Å². The van der Waals surface area contributed by atoms with Crippen molar-refractivity contribution in [2.24, 2.45) is 0 Å². The lowest BCUT2D eigenvalue weighted by Crippen LogP contribution is -2.27.